The lowest BCUT2D eigenvalue weighted by atomic mass is 10.2. The Kier molecular flexibility index (Phi) is 4.89. The van der Waals surface area contributed by atoms with Gasteiger partial charge in [0.05, 0.1) is 16.4 Å². The zero-order valence-electron chi connectivity index (χ0n) is 11.3. The minimum absolute atomic E-state index is 0.236. The highest BCUT2D eigenvalue weighted by Gasteiger charge is 2.09. The van der Waals surface area contributed by atoms with Crippen LogP contribution in [0.4, 0.5) is 15.8 Å². The molecule has 20 heavy (non-hydrogen) atoms. The number of halogens is 3. The van der Waals surface area contributed by atoms with Gasteiger partial charge in [-0.05, 0) is 24.3 Å². The standard InChI is InChI=1S/C15H15BrClFN2/c1-20(2)15-12(17)4-3-5-14(15)19-9-10-6-7-11(16)8-13(10)18/h3-8,19H,9H2,1-2H3. The molecule has 0 saturated heterocycles. The van der Waals surface area contributed by atoms with Crippen LogP contribution in [0.15, 0.2) is 40.9 Å². The Morgan fingerprint density at radius 2 is 2.00 bits per heavy atom. The number of anilines is 2. The fourth-order valence-electron chi connectivity index (χ4n) is 1.97. The number of benzene rings is 2. The summed E-state index contributed by atoms with van der Waals surface area (Å²) in [5.74, 6) is -0.236. The fourth-order valence-corrected chi connectivity index (χ4v) is 2.64. The first kappa shape index (κ1) is 15.1. The van der Waals surface area contributed by atoms with Gasteiger partial charge in [0.25, 0.3) is 0 Å². The van der Waals surface area contributed by atoms with Gasteiger partial charge in [0, 0.05) is 30.7 Å². The van der Waals surface area contributed by atoms with Crippen LogP contribution in [0.5, 0.6) is 0 Å². The minimum atomic E-state index is -0.236. The van der Waals surface area contributed by atoms with E-state index in [1.54, 1.807) is 6.07 Å². The van der Waals surface area contributed by atoms with E-state index in [4.69, 9.17) is 11.6 Å². The van der Waals surface area contributed by atoms with Gasteiger partial charge in [-0.3, -0.25) is 0 Å². The second-order valence-electron chi connectivity index (χ2n) is 4.62. The maximum absolute atomic E-state index is 13.8. The summed E-state index contributed by atoms with van der Waals surface area (Å²) in [6, 6.07) is 10.7. The van der Waals surface area contributed by atoms with Crippen LogP contribution in [0.1, 0.15) is 5.56 Å². The van der Waals surface area contributed by atoms with Crippen LogP contribution in [0.3, 0.4) is 0 Å². The lowest BCUT2D eigenvalue weighted by molar-refractivity contribution is 0.612. The second kappa shape index (κ2) is 6.46. The van der Waals surface area contributed by atoms with Gasteiger partial charge in [-0.25, -0.2) is 4.39 Å². The Balaban J connectivity index is 2.21. The first-order chi connectivity index (χ1) is 9.49. The van der Waals surface area contributed by atoms with Gasteiger partial charge < -0.3 is 10.2 Å². The number of hydrogen-bond acceptors (Lipinski definition) is 2. The Hall–Kier alpha value is -1.26. The van der Waals surface area contributed by atoms with Gasteiger partial charge in [0.1, 0.15) is 5.82 Å². The topological polar surface area (TPSA) is 15.3 Å². The molecule has 2 aromatic carbocycles. The molecular formula is C15H15BrClFN2. The summed E-state index contributed by atoms with van der Waals surface area (Å²) in [4.78, 5) is 1.93. The Morgan fingerprint density at radius 3 is 2.65 bits per heavy atom. The number of hydrogen-bond donors (Lipinski definition) is 1. The zero-order valence-corrected chi connectivity index (χ0v) is 13.6. The van der Waals surface area contributed by atoms with Crippen molar-refractivity contribution in [1.82, 2.24) is 0 Å². The number of para-hydroxylation sites is 1. The summed E-state index contributed by atoms with van der Waals surface area (Å²) in [6.07, 6.45) is 0. The maximum Gasteiger partial charge on any atom is 0.129 e. The summed E-state index contributed by atoms with van der Waals surface area (Å²) in [5, 5.41) is 3.89. The minimum Gasteiger partial charge on any atom is -0.379 e. The van der Waals surface area contributed by atoms with Gasteiger partial charge >= 0.3 is 0 Å². The lowest BCUT2D eigenvalue weighted by Crippen LogP contribution is -2.13. The molecule has 0 saturated carbocycles. The molecule has 5 heteroatoms. The van der Waals surface area contributed by atoms with E-state index in [1.165, 1.54) is 6.07 Å². The van der Waals surface area contributed by atoms with E-state index in [0.717, 1.165) is 15.8 Å². The monoisotopic (exact) mass is 356 g/mol. The molecule has 0 aliphatic carbocycles. The molecule has 0 heterocycles. The van der Waals surface area contributed by atoms with Crippen LogP contribution < -0.4 is 10.2 Å². The molecule has 0 unspecified atom stereocenters. The van der Waals surface area contributed by atoms with Gasteiger partial charge in [-0.1, -0.05) is 39.7 Å². The van der Waals surface area contributed by atoms with Gasteiger partial charge in [-0.15, -0.1) is 0 Å². The van der Waals surface area contributed by atoms with Crippen LogP contribution >= 0.6 is 27.5 Å². The predicted octanol–water partition coefficient (Wildman–Crippen LogP) is 4.92. The lowest BCUT2D eigenvalue weighted by Gasteiger charge is -2.20. The molecule has 0 radical (unpaired) electrons. The molecule has 2 rings (SSSR count). The third kappa shape index (κ3) is 3.44. The fraction of sp³-hybridized carbons (Fsp3) is 0.200. The molecule has 0 fully saturated rings. The van der Waals surface area contributed by atoms with Crippen molar-refractivity contribution in [3.05, 3.63) is 57.3 Å². The summed E-state index contributed by atoms with van der Waals surface area (Å²) in [5.41, 5.74) is 2.38. The van der Waals surface area contributed by atoms with Crippen molar-refractivity contribution in [3.63, 3.8) is 0 Å². The third-order valence-electron chi connectivity index (χ3n) is 2.92. The van der Waals surface area contributed by atoms with Crippen molar-refractivity contribution in [2.24, 2.45) is 0 Å². The Morgan fingerprint density at radius 1 is 1.25 bits per heavy atom. The highest BCUT2D eigenvalue weighted by molar-refractivity contribution is 9.10. The maximum atomic E-state index is 13.8. The summed E-state index contributed by atoms with van der Waals surface area (Å²) in [6.45, 7) is 0.403. The number of nitrogens with one attached hydrogen (secondary N) is 1. The Bertz CT molecular complexity index is 617. The highest BCUT2D eigenvalue weighted by Crippen LogP contribution is 2.32. The summed E-state index contributed by atoms with van der Waals surface area (Å²) < 4.78 is 14.5. The van der Waals surface area contributed by atoms with Crippen LogP contribution in [0.25, 0.3) is 0 Å². The van der Waals surface area contributed by atoms with E-state index in [0.29, 0.717) is 17.1 Å². The van der Waals surface area contributed by atoms with E-state index in [9.17, 15) is 4.39 Å². The number of rotatable bonds is 4. The molecule has 0 atom stereocenters. The van der Waals surface area contributed by atoms with E-state index in [2.05, 4.69) is 21.2 Å². The van der Waals surface area contributed by atoms with Crippen molar-refractivity contribution in [1.29, 1.82) is 0 Å². The molecule has 106 valence electrons. The highest BCUT2D eigenvalue weighted by atomic mass is 79.9. The molecule has 0 aromatic heterocycles. The molecule has 0 spiro atoms. The van der Waals surface area contributed by atoms with E-state index >= 15 is 0 Å². The first-order valence-electron chi connectivity index (χ1n) is 6.12. The van der Waals surface area contributed by atoms with E-state index < -0.39 is 0 Å². The van der Waals surface area contributed by atoms with Gasteiger partial charge in [0.2, 0.25) is 0 Å². The predicted molar refractivity (Wildman–Crippen MR) is 87.2 cm³/mol. The SMILES string of the molecule is CN(C)c1c(Cl)cccc1NCc1ccc(Br)cc1F. The molecule has 0 bridgehead atoms. The molecular weight excluding hydrogens is 343 g/mol. The van der Waals surface area contributed by atoms with Crippen LogP contribution in [0.2, 0.25) is 5.02 Å². The van der Waals surface area contributed by atoms with Crippen LogP contribution in [-0.2, 0) is 6.54 Å². The van der Waals surface area contributed by atoms with Crippen molar-refractivity contribution >= 4 is 38.9 Å². The zero-order chi connectivity index (χ0) is 14.7. The second-order valence-corrected chi connectivity index (χ2v) is 5.94. The molecule has 0 aliphatic heterocycles. The normalized spacial score (nSPS) is 10.4. The first-order valence-corrected chi connectivity index (χ1v) is 7.30. The van der Waals surface area contributed by atoms with Crippen molar-refractivity contribution in [3.8, 4) is 0 Å². The quantitative estimate of drug-likeness (QED) is 0.835. The van der Waals surface area contributed by atoms with E-state index in [-0.39, 0.29) is 5.82 Å². The Labute approximate surface area is 131 Å². The smallest absolute Gasteiger partial charge is 0.129 e. The molecule has 0 aliphatic rings. The van der Waals surface area contributed by atoms with Crippen LogP contribution in [0, 0.1) is 5.82 Å². The largest absolute Gasteiger partial charge is 0.379 e. The average molecular weight is 358 g/mol. The summed E-state index contributed by atoms with van der Waals surface area (Å²) in [7, 11) is 3.85. The van der Waals surface area contributed by atoms with Gasteiger partial charge in [-0.2, -0.15) is 0 Å². The van der Waals surface area contributed by atoms with Crippen molar-refractivity contribution in [2.45, 2.75) is 6.54 Å². The summed E-state index contributed by atoms with van der Waals surface area (Å²) >= 11 is 9.44. The van der Waals surface area contributed by atoms with E-state index in [1.807, 2.05) is 43.3 Å². The van der Waals surface area contributed by atoms with Crippen LogP contribution in [-0.4, -0.2) is 14.1 Å². The van der Waals surface area contributed by atoms with Gasteiger partial charge in [0.15, 0.2) is 0 Å². The van der Waals surface area contributed by atoms with Crippen molar-refractivity contribution < 1.29 is 4.39 Å². The molecule has 0 amide bonds. The molecule has 1 N–H and O–H groups in total. The molecule has 2 aromatic rings. The number of nitrogens with zero attached hydrogens (tertiary/aromatic N) is 1. The molecule has 2 nitrogen and oxygen atoms in total. The average Bonchev–Trinajstić information content (AvgIpc) is 2.37. The third-order valence-corrected chi connectivity index (χ3v) is 3.72. The van der Waals surface area contributed by atoms with Crippen molar-refractivity contribution in [2.75, 3.05) is 24.3 Å².